The first kappa shape index (κ1) is 17.5. The van der Waals surface area contributed by atoms with Crippen LogP contribution in [0.25, 0.3) is 10.9 Å². The lowest BCUT2D eigenvalue weighted by molar-refractivity contribution is -0.142. The van der Waals surface area contributed by atoms with E-state index < -0.39 is 29.9 Å². The second-order valence-corrected chi connectivity index (χ2v) is 5.52. The summed E-state index contributed by atoms with van der Waals surface area (Å²) in [5.41, 5.74) is 7.14. The van der Waals surface area contributed by atoms with Gasteiger partial charge in [-0.05, 0) is 23.9 Å². The topological polar surface area (TPSA) is 146 Å². The van der Waals surface area contributed by atoms with Crippen LogP contribution in [0.4, 0.5) is 0 Å². The molecule has 1 aromatic carbocycles. The Labute approximate surface area is 137 Å². The van der Waals surface area contributed by atoms with E-state index in [4.69, 9.17) is 10.8 Å². The van der Waals surface area contributed by atoms with Crippen LogP contribution in [0.5, 0.6) is 0 Å². The third kappa shape index (κ3) is 4.56. The zero-order valence-corrected chi connectivity index (χ0v) is 12.9. The summed E-state index contributed by atoms with van der Waals surface area (Å²) in [6.07, 6.45) is -0.240. The fourth-order valence-corrected chi connectivity index (χ4v) is 2.35. The lowest BCUT2D eigenvalue weighted by Crippen LogP contribution is -2.49. The Morgan fingerprint density at radius 1 is 1.21 bits per heavy atom. The Bertz CT molecular complexity index is 722. The lowest BCUT2D eigenvalue weighted by Gasteiger charge is -2.17. The van der Waals surface area contributed by atoms with Crippen molar-refractivity contribution in [2.75, 3.05) is 0 Å². The number of aromatic amines is 1. The fraction of sp³-hybridized carbons (Fsp3) is 0.312. The van der Waals surface area contributed by atoms with Crippen LogP contribution in [-0.2, 0) is 20.8 Å². The molecule has 0 aliphatic rings. The van der Waals surface area contributed by atoms with E-state index in [9.17, 15) is 19.5 Å². The first-order chi connectivity index (χ1) is 11.4. The number of hydrogen-bond acceptors (Lipinski definition) is 4. The number of hydrogen-bond donors (Lipinski definition) is 5. The van der Waals surface area contributed by atoms with Crippen molar-refractivity contribution in [3.8, 4) is 0 Å². The van der Waals surface area contributed by atoms with E-state index >= 15 is 0 Å². The van der Waals surface area contributed by atoms with Gasteiger partial charge in [0.2, 0.25) is 5.91 Å². The third-order valence-electron chi connectivity index (χ3n) is 3.63. The average Bonchev–Trinajstić information content (AvgIpc) is 2.93. The summed E-state index contributed by atoms with van der Waals surface area (Å²) in [5.74, 6) is -2.93. The summed E-state index contributed by atoms with van der Waals surface area (Å²) < 4.78 is 0. The van der Waals surface area contributed by atoms with Crippen molar-refractivity contribution in [2.24, 2.45) is 5.73 Å². The summed E-state index contributed by atoms with van der Waals surface area (Å²) in [4.78, 5) is 36.9. The average molecular weight is 333 g/mol. The van der Waals surface area contributed by atoms with Gasteiger partial charge in [0.15, 0.2) is 0 Å². The first-order valence-electron chi connectivity index (χ1n) is 7.44. The molecule has 1 amide bonds. The number of carbonyl (C=O) groups excluding carboxylic acids is 1. The Balaban J connectivity index is 2.02. The molecular weight excluding hydrogens is 314 g/mol. The van der Waals surface area contributed by atoms with Gasteiger partial charge in [-0.2, -0.15) is 0 Å². The zero-order chi connectivity index (χ0) is 17.7. The van der Waals surface area contributed by atoms with Crippen molar-refractivity contribution >= 4 is 28.7 Å². The molecule has 8 heteroatoms. The molecular formula is C16H19N3O5. The second kappa shape index (κ2) is 7.60. The quantitative estimate of drug-likeness (QED) is 0.475. The Hall–Kier alpha value is -2.87. The molecule has 6 N–H and O–H groups in total. The van der Waals surface area contributed by atoms with Gasteiger partial charge in [0.25, 0.3) is 0 Å². The number of para-hydroxylation sites is 1. The summed E-state index contributed by atoms with van der Waals surface area (Å²) in [6.45, 7) is 0. The van der Waals surface area contributed by atoms with Crippen molar-refractivity contribution < 1.29 is 24.6 Å². The molecule has 0 aliphatic heterocycles. The number of nitrogens with one attached hydrogen (secondary N) is 2. The Morgan fingerprint density at radius 3 is 2.54 bits per heavy atom. The highest BCUT2D eigenvalue weighted by molar-refractivity contribution is 5.87. The number of aromatic nitrogens is 1. The van der Waals surface area contributed by atoms with Crippen LogP contribution in [0.15, 0.2) is 30.3 Å². The van der Waals surface area contributed by atoms with Crippen molar-refractivity contribution in [3.05, 3.63) is 36.0 Å². The highest BCUT2D eigenvalue weighted by Gasteiger charge is 2.24. The third-order valence-corrected chi connectivity index (χ3v) is 3.63. The predicted octanol–water partition coefficient (Wildman–Crippen LogP) is 0.472. The van der Waals surface area contributed by atoms with Gasteiger partial charge in [0.05, 0.1) is 6.04 Å². The molecule has 128 valence electrons. The lowest BCUT2D eigenvalue weighted by atomic mass is 10.1. The van der Waals surface area contributed by atoms with Crippen LogP contribution in [0.2, 0.25) is 0 Å². The molecule has 2 atom stereocenters. The van der Waals surface area contributed by atoms with Gasteiger partial charge in [-0.15, -0.1) is 0 Å². The Morgan fingerprint density at radius 2 is 1.92 bits per heavy atom. The molecule has 0 radical (unpaired) electrons. The molecule has 0 aliphatic carbocycles. The van der Waals surface area contributed by atoms with Crippen LogP contribution in [0, 0.1) is 0 Å². The molecule has 0 fully saturated rings. The van der Waals surface area contributed by atoms with Crippen molar-refractivity contribution in [1.29, 1.82) is 0 Å². The number of aliphatic carboxylic acids is 2. The second-order valence-electron chi connectivity index (χ2n) is 5.52. The smallest absolute Gasteiger partial charge is 0.326 e. The largest absolute Gasteiger partial charge is 0.481 e. The van der Waals surface area contributed by atoms with E-state index in [1.807, 2.05) is 30.3 Å². The molecule has 24 heavy (non-hydrogen) atoms. The highest BCUT2D eigenvalue weighted by Crippen LogP contribution is 2.16. The number of carbonyl (C=O) groups is 3. The number of carboxylic acid groups (broad SMARTS) is 2. The van der Waals surface area contributed by atoms with Crippen LogP contribution in [-0.4, -0.2) is 45.1 Å². The molecule has 0 saturated carbocycles. The van der Waals surface area contributed by atoms with E-state index in [-0.39, 0.29) is 19.3 Å². The fourth-order valence-electron chi connectivity index (χ4n) is 2.35. The van der Waals surface area contributed by atoms with E-state index in [2.05, 4.69) is 10.3 Å². The molecule has 2 rings (SSSR count). The maximum absolute atomic E-state index is 11.9. The van der Waals surface area contributed by atoms with Crippen LogP contribution < -0.4 is 11.1 Å². The number of fused-ring (bicyclic) bond motifs is 1. The van der Waals surface area contributed by atoms with E-state index in [1.165, 1.54) is 0 Å². The number of H-pyrrole nitrogens is 1. The minimum atomic E-state index is -1.19. The minimum Gasteiger partial charge on any atom is -0.481 e. The molecule has 1 aromatic heterocycles. The van der Waals surface area contributed by atoms with E-state index in [0.717, 1.165) is 10.9 Å². The summed E-state index contributed by atoms with van der Waals surface area (Å²) in [7, 11) is 0. The number of amides is 1. The molecule has 0 spiro atoms. The SMILES string of the molecule is N[C@@H](CCC(=O)O)C(=O)N[C@@H](Cc1cc2ccccc2[nH]1)C(=O)O. The van der Waals surface area contributed by atoms with Gasteiger partial charge in [-0.25, -0.2) is 4.79 Å². The molecule has 1 heterocycles. The summed E-state index contributed by atoms with van der Waals surface area (Å²) >= 11 is 0. The summed E-state index contributed by atoms with van der Waals surface area (Å²) in [6, 6.07) is 7.10. The first-order valence-corrected chi connectivity index (χ1v) is 7.44. The van der Waals surface area contributed by atoms with Gasteiger partial charge in [0, 0.05) is 24.1 Å². The summed E-state index contributed by atoms with van der Waals surface area (Å²) in [5, 5.41) is 21.2. The van der Waals surface area contributed by atoms with Gasteiger partial charge in [0.1, 0.15) is 6.04 Å². The predicted molar refractivity (Wildman–Crippen MR) is 86.4 cm³/mol. The van der Waals surface area contributed by atoms with Crippen LogP contribution in [0.3, 0.4) is 0 Å². The molecule has 0 saturated heterocycles. The van der Waals surface area contributed by atoms with Crippen LogP contribution in [0.1, 0.15) is 18.5 Å². The van der Waals surface area contributed by atoms with Crippen LogP contribution >= 0.6 is 0 Å². The normalized spacial score (nSPS) is 13.4. The number of benzene rings is 1. The Kier molecular flexibility index (Phi) is 5.54. The molecule has 2 aromatic rings. The standard InChI is InChI=1S/C16H19N3O5/c17-11(5-6-14(20)21)15(22)19-13(16(23)24)8-10-7-9-3-1-2-4-12(9)18-10/h1-4,7,11,13,18H,5-6,8,17H2,(H,19,22)(H,20,21)(H,23,24)/t11-,13-/m0/s1. The van der Waals surface area contributed by atoms with E-state index in [0.29, 0.717) is 5.69 Å². The van der Waals surface area contributed by atoms with Crippen molar-refractivity contribution in [2.45, 2.75) is 31.3 Å². The molecule has 8 nitrogen and oxygen atoms in total. The highest BCUT2D eigenvalue weighted by atomic mass is 16.4. The van der Waals surface area contributed by atoms with E-state index in [1.54, 1.807) is 0 Å². The minimum absolute atomic E-state index is 0.0557. The monoisotopic (exact) mass is 333 g/mol. The van der Waals surface area contributed by atoms with Crippen molar-refractivity contribution in [3.63, 3.8) is 0 Å². The van der Waals surface area contributed by atoms with Gasteiger partial charge < -0.3 is 26.2 Å². The molecule has 0 bridgehead atoms. The number of carboxylic acids is 2. The zero-order valence-electron chi connectivity index (χ0n) is 12.9. The number of nitrogens with two attached hydrogens (primary N) is 1. The maximum Gasteiger partial charge on any atom is 0.326 e. The maximum atomic E-state index is 11.9. The van der Waals surface area contributed by atoms with Gasteiger partial charge in [-0.3, -0.25) is 9.59 Å². The molecule has 0 unspecified atom stereocenters. The van der Waals surface area contributed by atoms with Gasteiger partial charge in [-0.1, -0.05) is 18.2 Å². The number of rotatable bonds is 8. The van der Waals surface area contributed by atoms with Gasteiger partial charge >= 0.3 is 11.9 Å². The van der Waals surface area contributed by atoms with Crippen molar-refractivity contribution in [1.82, 2.24) is 10.3 Å².